The van der Waals surface area contributed by atoms with E-state index in [-0.39, 0.29) is 0 Å². The molecule has 0 amide bonds. The Morgan fingerprint density at radius 1 is 0.464 bits per heavy atom. The fourth-order valence-electron chi connectivity index (χ4n) is 4.45. The lowest BCUT2D eigenvalue weighted by molar-refractivity contribution is 0.138. The normalized spacial score (nSPS) is 16.5. The maximum Gasteiger partial charge on any atom is 0.101 e. The van der Waals surface area contributed by atoms with Crippen molar-refractivity contribution >= 4 is 0 Å². The third kappa shape index (κ3) is 12.0. The highest BCUT2D eigenvalue weighted by molar-refractivity contribution is 4.96. The van der Waals surface area contributed by atoms with Crippen LogP contribution in [0.2, 0.25) is 0 Å². The van der Waals surface area contributed by atoms with E-state index in [4.69, 9.17) is 0 Å². The van der Waals surface area contributed by atoms with Crippen molar-refractivity contribution in [2.45, 2.75) is 143 Å². The van der Waals surface area contributed by atoms with Gasteiger partial charge in [0, 0.05) is 25.5 Å². The van der Waals surface area contributed by atoms with Crippen molar-refractivity contribution in [3.8, 4) is 0 Å². The Morgan fingerprint density at radius 2 is 0.821 bits per heavy atom. The quantitative estimate of drug-likeness (QED) is 0.192. The SMILES string of the molecule is CCCCCCCCCCCCN1C=CN(CCCCCCCC)C1CCC. The minimum absolute atomic E-state index is 0.638. The van der Waals surface area contributed by atoms with Gasteiger partial charge in [-0.15, -0.1) is 0 Å². The van der Waals surface area contributed by atoms with E-state index in [1.165, 1.54) is 129 Å². The summed E-state index contributed by atoms with van der Waals surface area (Å²) in [5, 5.41) is 0. The van der Waals surface area contributed by atoms with E-state index in [0.717, 1.165) is 0 Å². The summed E-state index contributed by atoms with van der Waals surface area (Å²) in [4.78, 5) is 5.25. The molecule has 1 rings (SSSR count). The summed E-state index contributed by atoms with van der Waals surface area (Å²) < 4.78 is 0. The van der Waals surface area contributed by atoms with Gasteiger partial charge in [0.2, 0.25) is 0 Å². The zero-order valence-electron chi connectivity index (χ0n) is 19.8. The molecule has 166 valence electrons. The molecule has 28 heavy (non-hydrogen) atoms. The second-order valence-corrected chi connectivity index (χ2v) is 8.99. The van der Waals surface area contributed by atoms with E-state index in [9.17, 15) is 0 Å². The Kier molecular flexibility index (Phi) is 16.7. The van der Waals surface area contributed by atoms with Crippen LogP contribution in [0.3, 0.4) is 0 Å². The first-order valence-electron chi connectivity index (χ1n) is 13.0. The molecule has 0 aromatic carbocycles. The largest absolute Gasteiger partial charge is 0.356 e. The van der Waals surface area contributed by atoms with Crippen LogP contribution in [-0.2, 0) is 0 Å². The third-order valence-electron chi connectivity index (χ3n) is 6.30. The molecule has 0 spiro atoms. The summed E-state index contributed by atoms with van der Waals surface area (Å²) in [5.41, 5.74) is 0. The smallest absolute Gasteiger partial charge is 0.101 e. The van der Waals surface area contributed by atoms with E-state index in [2.05, 4.69) is 43.0 Å². The van der Waals surface area contributed by atoms with Crippen molar-refractivity contribution in [2.24, 2.45) is 0 Å². The maximum absolute atomic E-state index is 2.63. The van der Waals surface area contributed by atoms with Crippen LogP contribution in [0.4, 0.5) is 0 Å². The van der Waals surface area contributed by atoms with Crippen molar-refractivity contribution in [3.05, 3.63) is 12.4 Å². The van der Waals surface area contributed by atoms with Gasteiger partial charge in [-0.3, -0.25) is 0 Å². The fraction of sp³-hybridized carbons (Fsp3) is 0.923. The molecule has 0 radical (unpaired) electrons. The predicted octanol–water partition coefficient (Wildman–Crippen LogP) is 8.48. The summed E-state index contributed by atoms with van der Waals surface area (Å²) in [5.74, 6) is 0. The summed E-state index contributed by atoms with van der Waals surface area (Å²) in [6, 6.07) is 0. The van der Waals surface area contributed by atoms with Gasteiger partial charge in [-0.25, -0.2) is 0 Å². The molecular weight excluding hydrogens is 340 g/mol. The van der Waals surface area contributed by atoms with Crippen molar-refractivity contribution in [1.82, 2.24) is 9.80 Å². The van der Waals surface area contributed by atoms with E-state index < -0.39 is 0 Å². The highest BCUT2D eigenvalue weighted by Gasteiger charge is 2.24. The Hall–Kier alpha value is -0.660. The molecule has 0 fully saturated rings. The Bertz CT molecular complexity index is 352. The molecule has 1 aliphatic rings. The van der Waals surface area contributed by atoms with Crippen LogP contribution in [0.25, 0.3) is 0 Å². The Labute approximate surface area is 178 Å². The summed E-state index contributed by atoms with van der Waals surface area (Å²) >= 11 is 0. The number of nitrogens with zero attached hydrogens (tertiary/aromatic N) is 2. The molecule has 0 saturated carbocycles. The minimum Gasteiger partial charge on any atom is -0.356 e. The van der Waals surface area contributed by atoms with E-state index in [0.29, 0.717) is 6.17 Å². The molecule has 0 saturated heterocycles. The van der Waals surface area contributed by atoms with Gasteiger partial charge >= 0.3 is 0 Å². The van der Waals surface area contributed by atoms with Crippen LogP contribution < -0.4 is 0 Å². The second kappa shape index (κ2) is 18.4. The van der Waals surface area contributed by atoms with E-state index in [1.54, 1.807) is 0 Å². The van der Waals surface area contributed by atoms with Gasteiger partial charge in [0.1, 0.15) is 6.17 Å². The fourth-order valence-corrected chi connectivity index (χ4v) is 4.45. The summed E-state index contributed by atoms with van der Waals surface area (Å²) in [7, 11) is 0. The molecular formula is C26H52N2. The van der Waals surface area contributed by atoms with Crippen LogP contribution in [-0.4, -0.2) is 29.1 Å². The lowest BCUT2D eigenvalue weighted by Crippen LogP contribution is -2.39. The Morgan fingerprint density at radius 3 is 1.18 bits per heavy atom. The average Bonchev–Trinajstić information content (AvgIpc) is 3.08. The summed E-state index contributed by atoms with van der Waals surface area (Å²) in [6.07, 6.45) is 30.6. The summed E-state index contributed by atoms with van der Waals surface area (Å²) in [6.45, 7) is 9.44. The number of hydrogen-bond donors (Lipinski definition) is 0. The van der Waals surface area contributed by atoms with E-state index >= 15 is 0 Å². The zero-order chi connectivity index (χ0) is 20.3. The van der Waals surface area contributed by atoms with Crippen LogP contribution in [0.1, 0.15) is 136 Å². The first kappa shape index (κ1) is 25.4. The number of hydrogen-bond acceptors (Lipinski definition) is 2. The van der Waals surface area contributed by atoms with Gasteiger partial charge < -0.3 is 9.80 Å². The highest BCUT2D eigenvalue weighted by atomic mass is 15.4. The van der Waals surface area contributed by atoms with Gasteiger partial charge in [0.25, 0.3) is 0 Å². The van der Waals surface area contributed by atoms with Crippen LogP contribution in [0.5, 0.6) is 0 Å². The molecule has 0 bridgehead atoms. The first-order valence-corrected chi connectivity index (χ1v) is 13.0. The molecule has 0 aromatic rings. The van der Waals surface area contributed by atoms with Gasteiger partial charge in [-0.1, -0.05) is 117 Å². The number of rotatable bonds is 20. The minimum atomic E-state index is 0.638. The maximum atomic E-state index is 2.63. The average molecular weight is 393 g/mol. The molecule has 1 heterocycles. The Balaban J connectivity index is 2.08. The standard InChI is InChI=1S/C26H52N2/c1-4-7-9-11-13-14-15-16-18-20-23-28-25-24-27(26(28)21-6-3)22-19-17-12-10-8-5-2/h24-26H,4-23H2,1-3H3. The predicted molar refractivity (Wildman–Crippen MR) is 126 cm³/mol. The van der Waals surface area contributed by atoms with Gasteiger partial charge in [-0.05, 0) is 19.3 Å². The molecule has 1 aliphatic heterocycles. The second-order valence-electron chi connectivity index (χ2n) is 8.99. The third-order valence-corrected chi connectivity index (χ3v) is 6.30. The van der Waals surface area contributed by atoms with Crippen molar-refractivity contribution < 1.29 is 0 Å². The van der Waals surface area contributed by atoms with E-state index in [1.807, 2.05) is 0 Å². The lowest BCUT2D eigenvalue weighted by atomic mass is 10.1. The van der Waals surface area contributed by atoms with Crippen LogP contribution in [0.15, 0.2) is 12.4 Å². The van der Waals surface area contributed by atoms with Gasteiger partial charge in [-0.2, -0.15) is 0 Å². The van der Waals surface area contributed by atoms with Crippen molar-refractivity contribution in [2.75, 3.05) is 13.1 Å². The monoisotopic (exact) mass is 392 g/mol. The molecule has 2 heteroatoms. The van der Waals surface area contributed by atoms with Crippen molar-refractivity contribution in [1.29, 1.82) is 0 Å². The lowest BCUT2D eigenvalue weighted by Gasteiger charge is -2.33. The van der Waals surface area contributed by atoms with Crippen LogP contribution >= 0.6 is 0 Å². The van der Waals surface area contributed by atoms with Crippen LogP contribution in [0, 0.1) is 0 Å². The first-order chi connectivity index (χ1) is 13.8. The molecule has 2 nitrogen and oxygen atoms in total. The molecule has 0 aromatic heterocycles. The molecule has 1 atom stereocenters. The number of unbranched alkanes of at least 4 members (excludes halogenated alkanes) is 14. The van der Waals surface area contributed by atoms with Gasteiger partial charge in [0.05, 0.1) is 0 Å². The zero-order valence-corrected chi connectivity index (χ0v) is 19.8. The molecule has 0 N–H and O–H groups in total. The van der Waals surface area contributed by atoms with Gasteiger partial charge in [0.15, 0.2) is 0 Å². The van der Waals surface area contributed by atoms with Crippen molar-refractivity contribution in [3.63, 3.8) is 0 Å². The topological polar surface area (TPSA) is 6.48 Å². The highest BCUT2D eigenvalue weighted by Crippen LogP contribution is 2.22. The molecule has 1 unspecified atom stereocenters. The molecule has 0 aliphatic carbocycles.